The van der Waals surface area contributed by atoms with Crippen molar-refractivity contribution < 1.29 is 14.7 Å². The number of fused-ring (bicyclic) bond motifs is 1. The molecule has 20 heavy (non-hydrogen) atoms. The van der Waals surface area contributed by atoms with Gasteiger partial charge in [0.2, 0.25) is 5.91 Å². The van der Waals surface area contributed by atoms with Gasteiger partial charge in [0.15, 0.2) is 0 Å². The third-order valence-corrected chi connectivity index (χ3v) is 3.19. The number of rotatable bonds is 6. The maximum atomic E-state index is 11.9. The molecule has 5 nitrogen and oxygen atoms in total. The third kappa shape index (κ3) is 3.60. The Balaban J connectivity index is 1.93. The number of para-hydroxylation sites is 1. The normalized spacial score (nSPS) is 12.2. The molecule has 1 amide bonds. The molecule has 1 heterocycles. The van der Waals surface area contributed by atoms with Gasteiger partial charge in [0.25, 0.3) is 0 Å². The van der Waals surface area contributed by atoms with Crippen LogP contribution in [-0.4, -0.2) is 27.6 Å². The van der Waals surface area contributed by atoms with Crippen molar-refractivity contribution in [1.29, 1.82) is 0 Å². The van der Waals surface area contributed by atoms with Crippen LogP contribution in [0.1, 0.15) is 19.8 Å². The van der Waals surface area contributed by atoms with Gasteiger partial charge in [0.05, 0.1) is 0 Å². The van der Waals surface area contributed by atoms with Crippen LogP contribution < -0.4 is 5.32 Å². The summed E-state index contributed by atoms with van der Waals surface area (Å²) < 4.78 is 1.88. The highest BCUT2D eigenvalue weighted by Gasteiger charge is 2.10. The van der Waals surface area contributed by atoms with Crippen LogP contribution in [0.4, 0.5) is 0 Å². The minimum Gasteiger partial charge on any atom is -0.481 e. The van der Waals surface area contributed by atoms with E-state index < -0.39 is 5.97 Å². The maximum Gasteiger partial charge on any atom is 0.303 e. The summed E-state index contributed by atoms with van der Waals surface area (Å²) >= 11 is 0. The van der Waals surface area contributed by atoms with Crippen LogP contribution in [0.15, 0.2) is 36.5 Å². The van der Waals surface area contributed by atoms with E-state index in [9.17, 15) is 9.59 Å². The average molecular weight is 274 g/mol. The quantitative estimate of drug-likeness (QED) is 0.846. The number of benzene rings is 1. The van der Waals surface area contributed by atoms with Crippen molar-refractivity contribution in [2.45, 2.75) is 32.4 Å². The lowest BCUT2D eigenvalue weighted by Gasteiger charge is -2.13. The fourth-order valence-electron chi connectivity index (χ4n) is 2.17. The average Bonchev–Trinajstić information content (AvgIpc) is 2.80. The minimum atomic E-state index is -0.845. The van der Waals surface area contributed by atoms with Crippen molar-refractivity contribution in [1.82, 2.24) is 9.88 Å². The lowest BCUT2D eigenvalue weighted by molar-refractivity contribution is -0.137. The first kappa shape index (κ1) is 14.1. The van der Waals surface area contributed by atoms with Crippen molar-refractivity contribution in [2.75, 3.05) is 0 Å². The molecule has 1 unspecified atom stereocenters. The van der Waals surface area contributed by atoms with Gasteiger partial charge in [-0.1, -0.05) is 18.2 Å². The van der Waals surface area contributed by atoms with Crippen LogP contribution >= 0.6 is 0 Å². The van der Waals surface area contributed by atoms with Crippen LogP contribution in [0.3, 0.4) is 0 Å². The Hall–Kier alpha value is -2.30. The van der Waals surface area contributed by atoms with Crippen LogP contribution in [-0.2, 0) is 16.1 Å². The molecule has 0 aliphatic rings. The van der Waals surface area contributed by atoms with E-state index in [2.05, 4.69) is 5.32 Å². The lowest BCUT2D eigenvalue weighted by atomic mass is 10.2. The Morgan fingerprint density at radius 3 is 2.80 bits per heavy atom. The van der Waals surface area contributed by atoms with Crippen LogP contribution in [0.25, 0.3) is 10.9 Å². The third-order valence-electron chi connectivity index (χ3n) is 3.19. The maximum absolute atomic E-state index is 11.9. The highest BCUT2D eigenvalue weighted by Crippen LogP contribution is 2.14. The van der Waals surface area contributed by atoms with Gasteiger partial charge in [0.1, 0.15) is 6.54 Å². The molecule has 0 fully saturated rings. The zero-order chi connectivity index (χ0) is 14.5. The second-order valence-corrected chi connectivity index (χ2v) is 4.90. The Morgan fingerprint density at radius 1 is 1.30 bits per heavy atom. The van der Waals surface area contributed by atoms with Gasteiger partial charge in [-0.25, -0.2) is 0 Å². The molecule has 2 rings (SSSR count). The summed E-state index contributed by atoms with van der Waals surface area (Å²) in [6, 6.07) is 9.69. The number of carbonyl (C=O) groups excluding carboxylic acids is 1. The molecule has 106 valence electrons. The van der Waals surface area contributed by atoms with Crippen molar-refractivity contribution in [3.8, 4) is 0 Å². The van der Waals surface area contributed by atoms with Gasteiger partial charge in [-0.3, -0.25) is 9.59 Å². The summed E-state index contributed by atoms with van der Waals surface area (Å²) in [7, 11) is 0. The predicted molar refractivity (Wildman–Crippen MR) is 76.4 cm³/mol. The molecule has 0 spiro atoms. The fraction of sp³-hybridized carbons (Fsp3) is 0.333. The Labute approximate surface area is 117 Å². The van der Waals surface area contributed by atoms with Crippen molar-refractivity contribution >= 4 is 22.8 Å². The standard InChI is InChI=1S/C15H18N2O3/c1-11(6-7-15(19)20)16-14(18)10-17-9-8-12-4-2-3-5-13(12)17/h2-5,8-9,11H,6-7,10H2,1H3,(H,16,18)(H,19,20). The molecule has 0 aliphatic carbocycles. The molecule has 1 atom stereocenters. The molecular weight excluding hydrogens is 256 g/mol. The zero-order valence-electron chi connectivity index (χ0n) is 11.4. The SMILES string of the molecule is CC(CCC(=O)O)NC(=O)Cn1ccc2ccccc21. The number of nitrogens with zero attached hydrogens (tertiary/aromatic N) is 1. The number of hydrogen-bond donors (Lipinski definition) is 2. The Bertz CT molecular complexity index is 618. The molecule has 0 saturated carbocycles. The van der Waals surface area contributed by atoms with Crippen LogP contribution in [0.2, 0.25) is 0 Å². The minimum absolute atomic E-state index is 0.0634. The molecule has 1 aromatic carbocycles. The number of carboxylic acids is 1. The van der Waals surface area contributed by atoms with E-state index >= 15 is 0 Å². The zero-order valence-corrected chi connectivity index (χ0v) is 11.4. The molecular formula is C15H18N2O3. The first-order valence-electron chi connectivity index (χ1n) is 6.61. The van der Waals surface area contributed by atoms with E-state index in [1.807, 2.05) is 48.0 Å². The topological polar surface area (TPSA) is 71.3 Å². The Morgan fingerprint density at radius 2 is 2.05 bits per heavy atom. The van der Waals surface area contributed by atoms with Crippen LogP contribution in [0, 0.1) is 0 Å². The molecule has 5 heteroatoms. The summed E-state index contributed by atoms with van der Waals surface area (Å²) in [6.07, 6.45) is 2.38. The molecule has 0 saturated heterocycles. The first-order valence-corrected chi connectivity index (χ1v) is 6.61. The summed E-state index contributed by atoms with van der Waals surface area (Å²) in [5.41, 5.74) is 1.01. The molecule has 0 bridgehead atoms. The monoisotopic (exact) mass is 274 g/mol. The number of hydrogen-bond acceptors (Lipinski definition) is 2. The van der Waals surface area contributed by atoms with Gasteiger partial charge in [0, 0.05) is 24.2 Å². The van der Waals surface area contributed by atoms with E-state index in [-0.39, 0.29) is 24.9 Å². The van der Waals surface area contributed by atoms with Gasteiger partial charge >= 0.3 is 5.97 Å². The number of carbonyl (C=O) groups is 2. The molecule has 2 aromatic rings. The van der Waals surface area contributed by atoms with E-state index in [1.54, 1.807) is 0 Å². The summed E-state index contributed by atoms with van der Waals surface area (Å²) in [5, 5.41) is 12.5. The van der Waals surface area contributed by atoms with E-state index in [0.29, 0.717) is 6.42 Å². The van der Waals surface area contributed by atoms with Gasteiger partial charge in [-0.15, -0.1) is 0 Å². The number of amides is 1. The smallest absolute Gasteiger partial charge is 0.303 e. The number of nitrogens with one attached hydrogen (secondary N) is 1. The molecule has 1 aromatic heterocycles. The largest absolute Gasteiger partial charge is 0.481 e. The van der Waals surface area contributed by atoms with Gasteiger partial charge in [-0.2, -0.15) is 0 Å². The van der Waals surface area contributed by atoms with Crippen LogP contribution in [0.5, 0.6) is 0 Å². The van der Waals surface area contributed by atoms with E-state index in [0.717, 1.165) is 10.9 Å². The highest BCUT2D eigenvalue weighted by atomic mass is 16.4. The number of aromatic nitrogens is 1. The van der Waals surface area contributed by atoms with Gasteiger partial charge < -0.3 is 15.0 Å². The van der Waals surface area contributed by atoms with Gasteiger partial charge in [-0.05, 0) is 30.9 Å². The first-order chi connectivity index (χ1) is 9.56. The Kier molecular flexibility index (Phi) is 4.40. The van der Waals surface area contributed by atoms with E-state index in [4.69, 9.17) is 5.11 Å². The second-order valence-electron chi connectivity index (χ2n) is 4.90. The van der Waals surface area contributed by atoms with Crippen molar-refractivity contribution in [2.24, 2.45) is 0 Å². The summed E-state index contributed by atoms with van der Waals surface area (Å²) in [6.45, 7) is 2.06. The molecule has 0 radical (unpaired) electrons. The molecule has 2 N–H and O–H groups in total. The number of carboxylic acid groups (broad SMARTS) is 1. The second kappa shape index (κ2) is 6.23. The number of aliphatic carboxylic acids is 1. The predicted octanol–water partition coefficient (Wildman–Crippen LogP) is 2.01. The summed E-state index contributed by atoms with van der Waals surface area (Å²) in [5.74, 6) is -0.952. The van der Waals surface area contributed by atoms with Crippen molar-refractivity contribution in [3.63, 3.8) is 0 Å². The van der Waals surface area contributed by atoms with Crippen molar-refractivity contribution in [3.05, 3.63) is 36.5 Å². The highest BCUT2D eigenvalue weighted by molar-refractivity contribution is 5.83. The lowest BCUT2D eigenvalue weighted by Crippen LogP contribution is -2.35. The fourth-order valence-corrected chi connectivity index (χ4v) is 2.17. The summed E-state index contributed by atoms with van der Waals surface area (Å²) in [4.78, 5) is 22.4. The molecule has 0 aliphatic heterocycles. The van der Waals surface area contributed by atoms with E-state index in [1.165, 1.54) is 0 Å².